The largest absolute Gasteiger partial charge is 0.308 e. The highest BCUT2D eigenvalue weighted by atomic mass is 32.2. The van der Waals surface area contributed by atoms with Crippen LogP contribution >= 0.6 is 0 Å². The van der Waals surface area contributed by atoms with Crippen LogP contribution in [0.4, 0.5) is 4.39 Å². The highest BCUT2D eigenvalue weighted by molar-refractivity contribution is 7.89. The summed E-state index contributed by atoms with van der Waals surface area (Å²) in [5, 5.41) is 17.4. The number of sulfonamides is 1. The Balaban J connectivity index is 1.47. The number of aromatic nitrogens is 5. The second kappa shape index (κ2) is 9.01. The van der Waals surface area contributed by atoms with E-state index in [0.717, 1.165) is 12.1 Å². The molecule has 0 amide bonds. The van der Waals surface area contributed by atoms with Gasteiger partial charge >= 0.3 is 0 Å². The molecule has 3 heterocycles. The molecule has 178 valence electrons. The highest BCUT2D eigenvalue weighted by Crippen LogP contribution is 2.29. The van der Waals surface area contributed by atoms with Crippen LogP contribution in [0.25, 0.3) is 11.2 Å². The molecular formula is C23H20FN7O3S. The predicted octanol–water partition coefficient (Wildman–Crippen LogP) is 2.14. The molecule has 1 aliphatic rings. The maximum absolute atomic E-state index is 13.3. The van der Waals surface area contributed by atoms with Crippen molar-refractivity contribution < 1.29 is 12.8 Å². The number of rotatable bonds is 5. The minimum absolute atomic E-state index is 0.00916. The van der Waals surface area contributed by atoms with Crippen molar-refractivity contribution >= 4 is 21.2 Å². The van der Waals surface area contributed by atoms with Gasteiger partial charge in [-0.2, -0.15) is 9.57 Å². The number of fused-ring (bicyclic) bond motifs is 1. The molecule has 0 radical (unpaired) electrons. The monoisotopic (exact) mass is 493 g/mol. The van der Waals surface area contributed by atoms with Crippen LogP contribution in [0.5, 0.6) is 0 Å². The first-order chi connectivity index (χ1) is 16.9. The molecule has 0 spiro atoms. The van der Waals surface area contributed by atoms with Crippen LogP contribution in [0.15, 0.2) is 58.2 Å². The van der Waals surface area contributed by atoms with E-state index < -0.39 is 21.4 Å². The molecule has 1 aliphatic heterocycles. The number of hydrogen-bond acceptors (Lipinski definition) is 7. The highest BCUT2D eigenvalue weighted by Gasteiger charge is 2.32. The third-order valence-electron chi connectivity index (χ3n) is 6.07. The van der Waals surface area contributed by atoms with Crippen LogP contribution in [0.2, 0.25) is 0 Å². The molecule has 35 heavy (non-hydrogen) atoms. The summed E-state index contributed by atoms with van der Waals surface area (Å²) in [6.07, 6.45) is 1.20. The molecular weight excluding hydrogens is 473 g/mol. The summed E-state index contributed by atoms with van der Waals surface area (Å²) < 4.78 is 42.2. The van der Waals surface area contributed by atoms with E-state index in [1.807, 2.05) is 0 Å². The van der Waals surface area contributed by atoms with Crippen molar-refractivity contribution in [1.82, 2.24) is 29.3 Å². The fourth-order valence-corrected chi connectivity index (χ4v) is 5.78. The summed E-state index contributed by atoms with van der Waals surface area (Å²) in [5.74, 6) is -0.525. The van der Waals surface area contributed by atoms with Gasteiger partial charge in [-0.25, -0.2) is 22.5 Å². The Hall–Kier alpha value is -3.95. The number of piperidine rings is 1. The molecule has 2 aromatic carbocycles. The van der Waals surface area contributed by atoms with Crippen LogP contribution in [0, 0.1) is 17.1 Å². The molecule has 4 aromatic rings. The number of hydrogen-bond donors (Lipinski definition) is 1. The van der Waals surface area contributed by atoms with Crippen molar-refractivity contribution in [2.45, 2.75) is 30.2 Å². The number of nitrogens with one attached hydrogen (secondary N) is 1. The quantitative estimate of drug-likeness (QED) is 0.450. The normalized spacial score (nSPS) is 16.9. The Morgan fingerprint density at radius 1 is 1.17 bits per heavy atom. The smallest absolute Gasteiger partial charge is 0.281 e. The Morgan fingerprint density at radius 3 is 2.71 bits per heavy atom. The van der Waals surface area contributed by atoms with E-state index in [2.05, 4.69) is 26.3 Å². The van der Waals surface area contributed by atoms with E-state index in [-0.39, 0.29) is 35.1 Å². The minimum atomic E-state index is -3.83. The number of halogens is 1. The van der Waals surface area contributed by atoms with Gasteiger partial charge in [0.2, 0.25) is 10.0 Å². The van der Waals surface area contributed by atoms with Gasteiger partial charge in [0.05, 0.1) is 23.1 Å². The topological polar surface area (TPSA) is 138 Å². The average molecular weight is 494 g/mol. The lowest BCUT2D eigenvalue weighted by molar-refractivity contribution is 0.309. The van der Waals surface area contributed by atoms with E-state index in [9.17, 15) is 22.9 Å². The predicted molar refractivity (Wildman–Crippen MR) is 123 cm³/mol. The van der Waals surface area contributed by atoms with Gasteiger partial charge in [0.1, 0.15) is 11.6 Å². The van der Waals surface area contributed by atoms with Crippen molar-refractivity contribution in [3.05, 3.63) is 81.7 Å². The molecule has 10 nitrogen and oxygen atoms in total. The molecule has 0 saturated carbocycles. The van der Waals surface area contributed by atoms with Gasteiger partial charge < -0.3 is 4.98 Å². The fourth-order valence-electron chi connectivity index (χ4n) is 4.25. The van der Waals surface area contributed by atoms with E-state index >= 15 is 0 Å². The van der Waals surface area contributed by atoms with Crippen LogP contribution in [0.3, 0.4) is 0 Å². The van der Waals surface area contributed by atoms with Crippen molar-refractivity contribution in [3.8, 4) is 6.07 Å². The lowest BCUT2D eigenvalue weighted by Crippen LogP contribution is -2.39. The molecule has 1 saturated heterocycles. The van der Waals surface area contributed by atoms with Gasteiger partial charge in [-0.15, -0.1) is 5.10 Å². The van der Waals surface area contributed by atoms with Crippen molar-refractivity contribution in [2.75, 3.05) is 13.1 Å². The summed E-state index contributed by atoms with van der Waals surface area (Å²) in [6, 6.07) is 13.9. The number of nitrogens with zero attached hydrogens (tertiary/aromatic N) is 6. The molecule has 5 rings (SSSR count). The molecule has 1 fully saturated rings. The SMILES string of the molecule is N#Cc1ccccc1Cn1nnc2c(=O)[nH]c([C@@H]3CCCN(S(=O)(=O)c4ccc(F)cc4)C3)nc21. The summed E-state index contributed by atoms with van der Waals surface area (Å²) in [6.45, 7) is 0.631. The van der Waals surface area contributed by atoms with Gasteiger partial charge in [-0.3, -0.25) is 4.79 Å². The molecule has 0 aliphatic carbocycles. The first kappa shape index (κ1) is 22.8. The maximum atomic E-state index is 13.3. The van der Waals surface area contributed by atoms with E-state index in [1.165, 1.54) is 21.1 Å². The van der Waals surface area contributed by atoms with Gasteiger partial charge in [-0.1, -0.05) is 23.4 Å². The van der Waals surface area contributed by atoms with Crippen LogP contribution in [-0.4, -0.2) is 50.8 Å². The van der Waals surface area contributed by atoms with Crippen molar-refractivity contribution in [3.63, 3.8) is 0 Å². The summed E-state index contributed by atoms with van der Waals surface area (Å²) in [5.41, 5.74) is 1.04. The van der Waals surface area contributed by atoms with E-state index in [0.29, 0.717) is 36.3 Å². The van der Waals surface area contributed by atoms with E-state index in [4.69, 9.17) is 0 Å². The zero-order chi connectivity index (χ0) is 24.6. The van der Waals surface area contributed by atoms with Crippen molar-refractivity contribution in [2.24, 2.45) is 0 Å². The van der Waals surface area contributed by atoms with Gasteiger partial charge in [0.15, 0.2) is 11.2 Å². The Morgan fingerprint density at radius 2 is 1.94 bits per heavy atom. The van der Waals surface area contributed by atoms with Gasteiger partial charge in [0.25, 0.3) is 5.56 Å². The van der Waals surface area contributed by atoms with Crippen LogP contribution < -0.4 is 5.56 Å². The Kier molecular flexibility index (Phi) is 5.88. The number of H-pyrrole nitrogens is 1. The van der Waals surface area contributed by atoms with E-state index in [1.54, 1.807) is 24.3 Å². The first-order valence-electron chi connectivity index (χ1n) is 10.9. The summed E-state index contributed by atoms with van der Waals surface area (Å²) in [7, 11) is -3.83. The lowest BCUT2D eigenvalue weighted by Gasteiger charge is -2.31. The number of nitriles is 1. The maximum Gasteiger partial charge on any atom is 0.281 e. The second-order valence-corrected chi connectivity index (χ2v) is 10.2. The lowest BCUT2D eigenvalue weighted by atomic mass is 9.99. The first-order valence-corrected chi connectivity index (χ1v) is 12.4. The van der Waals surface area contributed by atoms with Gasteiger partial charge in [-0.05, 0) is 48.7 Å². The average Bonchev–Trinajstić information content (AvgIpc) is 3.28. The number of aromatic amines is 1. The third kappa shape index (κ3) is 4.31. The third-order valence-corrected chi connectivity index (χ3v) is 7.95. The fraction of sp³-hybridized carbons (Fsp3) is 0.261. The summed E-state index contributed by atoms with van der Waals surface area (Å²) >= 11 is 0. The van der Waals surface area contributed by atoms with Crippen molar-refractivity contribution in [1.29, 1.82) is 5.26 Å². The minimum Gasteiger partial charge on any atom is -0.308 e. The molecule has 0 unspecified atom stereocenters. The standard InChI is InChI=1S/C23H20FN7O3S/c24-18-7-9-19(10-8-18)35(33,34)30-11-3-6-17(13-30)21-26-22-20(23(32)27-21)28-29-31(22)14-16-5-2-1-4-15(16)12-25/h1-2,4-5,7-10,17H,3,6,11,13-14H2,(H,26,27,32)/t17-/m1/s1. The zero-order valence-electron chi connectivity index (χ0n) is 18.4. The van der Waals surface area contributed by atoms with Gasteiger partial charge in [0, 0.05) is 19.0 Å². The van der Waals surface area contributed by atoms with Crippen LogP contribution in [-0.2, 0) is 16.6 Å². The Labute approximate surface area is 199 Å². The summed E-state index contributed by atoms with van der Waals surface area (Å²) in [4.78, 5) is 20.1. The van der Waals surface area contributed by atoms with Crippen LogP contribution in [0.1, 0.15) is 35.7 Å². The molecule has 1 atom stereocenters. The Bertz CT molecular complexity index is 1610. The second-order valence-electron chi connectivity index (χ2n) is 8.30. The molecule has 0 bridgehead atoms. The number of benzene rings is 2. The molecule has 1 N–H and O–H groups in total. The zero-order valence-corrected chi connectivity index (χ0v) is 19.2. The molecule has 12 heteroatoms. The molecule has 2 aromatic heterocycles.